The molecule has 0 aliphatic heterocycles. The third-order valence-electron chi connectivity index (χ3n) is 3.13. The van der Waals surface area contributed by atoms with Gasteiger partial charge >= 0.3 is 0 Å². The third-order valence-corrected chi connectivity index (χ3v) is 3.13. The monoisotopic (exact) mass is 304 g/mol. The molecule has 0 fully saturated rings. The normalized spacial score (nSPS) is 10.2. The number of anilines is 2. The lowest BCUT2D eigenvalue weighted by Gasteiger charge is -2.19. The molecule has 0 aliphatic carbocycles. The van der Waals surface area contributed by atoms with E-state index < -0.39 is 17.5 Å². The second-order valence-corrected chi connectivity index (χ2v) is 4.70. The van der Waals surface area contributed by atoms with Gasteiger partial charge in [0.15, 0.2) is 0 Å². The van der Waals surface area contributed by atoms with Crippen molar-refractivity contribution in [3.63, 3.8) is 0 Å². The predicted molar refractivity (Wildman–Crippen MR) is 79.8 cm³/mol. The van der Waals surface area contributed by atoms with Gasteiger partial charge in [0.1, 0.15) is 11.6 Å². The third kappa shape index (κ3) is 3.46. The highest BCUT2D eigenvalue weighted by Crippen LogP contribution is 2.26. The van der Waals surface area contributed by atoms with Crippen molar-refractivity contribution >= 4 is 23.2 Å². The van der Waals surface area contributed by atoms with E-state index in [0.717, 1.165) is 12.1 Å². The van der Waals surface area contributed by atoms with Crippen LogP contribution in [0.15, 0.2) is 42.5 Å². The molecule has 22 heavy (non-hydrogen) atoms. The largest absolute Gasteiger partial charge is 0.320 e. The van der Waals surface area contributed by atoms with Gasteiger partial charge in [0.2, 0.25) is 5.91 Å². The second kappa shape index (κ2) is 6.34. The Hall–Kier alpha value is -2.76. The van der Waals surface area contributed by atoms with Crippen LogP contribution in [0.3, 0.4) is 0 Å². The fourth-order valence-electron chi connectivity index (χ4n) is 1.89. The number of benzene rings is 2. The molecule has 2 amide bonds. The predicted octanol–water partition coefficient (Wildman–Crippen LogP) is 3.20. The Labute approximate surface area is 126 Å². The number of nitrogens with zero attached hydrogens (tertiary/aromatic N) is 1. The topological polar surface area (TPSA) is 49.4 Å². The van der Waals surface area contributed by atoms with Crippen molar-refractivity contribution < 1.29 is 18.4 Å². The highest BCUT2D eigenvalue weighted by Gasteiger charge is 2.15. The average molecular weight is 304 g/mol. The zero-order valence-corrected chi connectivity index (χ0v) is 12.1. The number of carbonyl (C=O) groups is 2. The molecule has 0 aromatic heterocycles. The number of hydrogen-bond acceptors (Lipinski definition) is 2. The molecule has 114 valence electrons. The Bertz CT molecular complexity index is 732. The lowest BCUT2D eigenvalue weighted by atomic mass is 10.2. The SMILES string of the molecule is CC(=O)N(C)c1ccc(F)cc1NC(=O)c1cccc(F)c1. The van der Waals surface area contributed by atoms with E-state index >= 15 is 0 Å². The summed E-state index contributed by atoms with van der Waals surface area (Å²) in [5.74, 6) is -1.97. The maximum Gasteiger partial charge on any atom is 0.255 e. The summed E-state index contributed by atoms with van der Waals surface area (Å²) in [6.07, 6.45) is 0. The van der Waals surface area contributed by atoms with Crippen LogP contribution in [0.1, 0.15) is 17.3 Å². The zero-order valence-electron chi connectivity index (χ0n) is 12.1. The summed E-state index contributed by atoms with van der Waals surface area (Å²) in [4.78, 5) is 24.8. The zero-order chi connectivity index (χ0) is 16.3. The van der Waals surface area contributed by atoms with Crippen molar-refractivity contribution in [3.05, 3.63) is 59.7 Å². The number of nitrogens with one attached hydrogen (secondary N) is 1. The van der Waals surface area contributed by atoms with Crippen molar-refractivity contribution in [1.82, 2.24) is 0 Å². The quantitative estimate of drug-likeness (QED) is 0.946. The molecule has 1 N–H and O–H groups in total. The van der Waals surface area contributed by atoms with E-state index in [9.17, 15) is 18.4 Å². The van der Waals surface area contributed by atoms with Crippen LogP contribution in [0.4, 0.5) is 20.2 Å². The van der Waals surface area contributed by atoms with Crippen molar-refractivity contribution in [3.8, 4) is 0 Å². The molecule has 4 nitrogen and oxygen atoms in total. The number of halogens is 2. The van der Waals surface area contributed by atoms with Crippen molar-refractivity contribution in [2.75, 3.05) is 17.3 Å². The first-order valence-electron chi connectivity index (χ1n) is 6.49. The second-order valence-electron chi connectivity index (χ2n) is 4.70. The van der Waals surface area contributed by atoms with Crippen LogP contribution >= 0.6 is 0 Å². The molecule has 2 rings (SSSR count). The summed E-state index contributed by atoms with van der Waals surface area (Å²) in [5.41, 5.74) is 0.575. The fourth-order valence-corrected chi connectivity index (χ4v) is 1.89. The van der Waals surface area contributed by atoms with Gasteiger partial charge in [0.05, 0.1) is 11.4 Å². The molecule has 0 atom stereocenters. The smallest absolute Gasteiger partial charge is 0.255 e. The first-order valence-corrected chi connectivity index (χ1v) is 6.49. The van der Waals surface area contributed by atoms with Crippen molar-refractivity contribution in [1.29, 1.82) is 0 Å². The van der Waals surface area contributed by atoms with Gasteiger partial charge in [0.25, 0.3) is 5.91 Å². The molecular formula is C16H14F2N2O2. The minimum Gasteiger partial charge on any atom is -0.320 e. The fraction of sp³-hybridized carbons (Fsp3) is 0.125. The van der Waals surface area contributed by atoms with Crippen LogP contribution < -0.4 is 10.2 Å². The van der Waals surface area contributed by atoms with Crippen LogP contribution in [0.2, 0.25) is 0 Å². The Kier molecular flexibility index (Phi) is 4.50. The first-order chi connectivity index (χ1) is 10.4. The highest BCUT2D eigenvalue weighted by atomic mass is 19.1. The summed E-state index contributed by atoms with van der Waals surface area (Å²) in [6.45, 7) is 1.35. The molecule has 2 aromatic rings. The van der Waals surface area contributed by atoms with Gasteiger partial charge in [-0.25, -0.2) is 8.78 Å². The Morgan fingerprint density at radius 1 is 1.05 bits per heavy atom. The number of hydrogen-bond donors (Lipinski definition) is 1. The molecule has 0 aliphatic rings. The average Bonchev–Trinajstić information content (AvgIpc) is 2.46. The van der Waals surface area contributed by atoms with Crippen LogP contribution in [0.5, 0.6) is 0 Å². The molecular weight excluding hydrogens is 290 g/mol. The Balaban J connectivity index is 2.34. The molecule has 0 saturated carbocycles. The lowest BCUT2D eigenvalue weighted by molar-refractivity contribution is -0.116. The molecule has 2 aromatic carbocycles. The minimum absolute atomic E-state index is 0.0979. The number of carbonyl (C=O) groups excluding carboxylic acids is 2. The maximum atomic E-state index is 13.4. The minimum atomic E-state index is -0.594. The highest BCUT2D eigenvalue weighted by molar-refractivity contribution is 6.07. The van der Waals surface area contributed by atoms with E-state index in [2.05, 4.69) is 5.32 Å². The van der Waals surface area contributed by atoms with Crippen LogP contribution in [-0.2, 0) is 4.79 Å². The number of rotatable bonds is 3. The summed E-state index contributed by atoms with van der Waals surface area (Å²) in [7, 11) is 1.51. The van der Waals surface area contributed by atoms with E-state index in [1.807, 2.05) is 0 Å². The maximum absolute atomic E-state index is 13.4. The molecule has 0 spiro atoms. The summed E-state index contributed by atoms with van der Waals surface area (Å²) >= 11 is 0. The lowest BCUT2D eigenvalue weighted by Crippen LogP contribution is -2.25. The summed E-state index contributed by atoms with van der Waals surface area (Å²) in [5, 5.41) is 2.49. The summed E-state index contributed by atoms with van der Waals surface area (Å²) in [6, 6.07) is 8.80. The molecule has 6 heteroatoms. The molecule has 0 heterocycles. The van der Waals surface area contributed by atoms with Gasteiger partial charge < -0.3 is 10.2 Å². The van der Waals surface area contributed by atoms with Gasteiger partial charge in [-0.05, 0) is 36.4 Å². The van der Waals surface area contributed by atoms with Crippen LogP contribution in [0.25, 0.3) is 0 Å². The van der Waals surface area contributed by atoms with E-state index in [1.54, 1.807) is 0 Å². The standard InChI is InChI=1S/C16H14F2N2O2/c1-10(21)20(2)15-7-6-13(18)9-14(15)19-16(22)11-4-3-5-12(17)8-11/h3-9H,1-2H3,(H,19,22). The van der Waals surface area contributed by atoms with E-state index in [0.29, 0.717) is 5.69 Å². The van der Waals surface area contributed by atoms with Gasteiger partial charge in [0, 0.05) is 19.5 Å². The van der Waals surface area contributed by atoms with Gasteiger partial charge in [-0.2, -0.15) is 0 Å². The van der Waals surface area contributed by atoms with Crippen LogP contribution in [-0.4, -0.2) is 18.9 Å². The van der Waals surface area contributed by atoms with Crippen LogP contribution in [0, 0.1) is 11.6 Å². The molecule has 0 unspecified atom stereocenters. The van der Waals surface area contributed by atoms with E-state index in [1.165, 1.54) is 49.2 Å². The molecule has 0 bridgehead atoms. The number of amides is 2. The van der Waals surface area contributed by atoms with Gasteiger partial charge in [-0.3, -0.25) is 9.59 Å². The molecule has 0 radical (unpaired) electrons. The van der Waals surface area contributed by atoms with E-state index in [-0.39, 0.29) is 17.2 Å². The Morgan fingerprint density at radius 2 is 1.73 bits per heavy atom. The Morgan fingerprint density at radius 3 is 2.36 bits per heavy atom. The van der Waals surface area contributed by atoms with Crippen molar-refractivity contribution in [2.24, 2.45) is 0 Å². The van der Waals surface area contributed by atoms with Gasteiger partial charge in [-0.1, -0.05) is 6.07 Å². The molecule has 0 saturated heterocycles. The van der Waals surface area contributed by atoms with E-state index in [4.69, 9.17) is 0 Å². The van der Waals surface area contributed by atoms with Gasteiger partial charge in [-0.15, -0.1) is 0 Å². The first kappa shape index (κ1) is 15.6. The summed E-state index contributed by atoms with van der Waals surface area (Å²) < 4.78 is 26.6. The van der Waals surface area contributed by atoms with Crippen molar-refractivity contribution in [2.45, 2.75) is 6.92 Å².